The third kappa shape index (κ3) is 23.3. The zero-order valence-corrected chi connectivity index (χ0v) is 39.4. The van der Waals surface area contributed by atoms with Crippen molar-refractivity contribution < 1.29 is 65.3 Å². The summed E-state index contributed by atoms with van der Waals surface area (Å²) in [6.07, 6.45) is 23.1. The number of rotatable bonds is 22. The molecular weight excluding hydrogens is 828 g/mol. The molecule has 58 heavy (non-hydrogen) atoms. The van der Waals surface area contributed by atoms with E-state index in [9.17, 15) is 47.6 Å². The van der Waals surface area contributed by atoms with Crippen molar-refractivity contribution in [3.05, 3.63) is 70.4 Å². The maximum Gasteiger partial charge on any atom is 0.272 e. The van der Waals surface area contributed by atoms with E-state index in [4.69, 9.17) is 0 Å². The van der Waals surface area contributed by atoms with Gasteiger partial charge in [-0.25, -0.2) is 0 Å². The molecule has 0 radical (unpaired) electrons. The van der Waals surface area contributed by atoms with E-state index in [-0.39, 0.29) is 18.6 Å². The minimum atomic E-state index is -5.65. The summed E-state index contributed by atoms with van der Waals surface area (Å²) < 4.78 is 58.7. The van der Waals surface area contributed by atoms with Gasteiger partial charge in [0.2, 0.25) is 0 Å². The van der Waals surface area contributed by atoms with Crippen LogP contribution in [0.2, 0.25) is 0 Å². The van der Waals surface area contributed by atoms with Gasteiger partial charge in [0, 0.05) is 0 Å². The van der Waals surface area contributed by atoms with Gasteiger partial charge in [-0.15, -0.1) is 0 Å². The Hall–Kier alpha value is -1.04. The summed E-state index contributed by atoms with van der Waals surface area (Å²) in [7, 11) is -21.6. The molecule has 2 rings (SSSR count). The maximum absolute atomic E-state index is 11.3. The monoisotopic (exact) mass is 894 g/mol. The summed E-state index contributed by atoms with van der Waals surface area (Å²) in [5.41, 5.74) is 7.74. The van der Waals surface area contributed by atoms with Crippen molar-refractivity contribution in [3.8, 4) is 0 Å². The van der Waals surface area contributed by atoms with Crippen molar-refractivity contribution in [2.24, 2.45) is 22.7 Å². The lowest BCUT2D eigenvalue weighted by molar-refractivity contribution is -0.342. The van der Waals surface area contributed by atoms with Crippen LogP contribution in [0.15, 0.2) is 70.4 Å². The lowest BCUT2D eigenvalue weighted by atomic mass is 9.47. The van der Waals surface area contributed by atoms with Crippen molar-refractivity contribution in [3.63, 3.8) is 0 Å². The molecule has 2 saturated carbocycles. The predicted molar refractivity (Wildman–Crippen MR) is 217 cm³/mol. The predicted octanol–water partition coefficient (Wildman–Crippen LogP) is 8.30. The first kappa shape index (κ1) is 55.0. The molecule has 0 N–H and O–H groups in total. The van der Waals surface area contributed by atoms with Crippen molar-refractivity contribution in [2.45, 2.75) is 146 Å². The van der Waals surface area contributed by atoms with E-state index in [1.807, 2.05) is 13.8 Å². The molecule has 0 amide bonds. The normalized spacial score (nSPS) is 24.2. The van der Waals surface area contributed by atoms with Gasteiger partial charge >= 0.3 is 0 Å². The molecule has 0 saturated heterocycles. The second-order valence-corrected chi connectivity index (χ2v) is 22.2. The van der Waals surface area contributed by atoms with Gasteiger partial charge < -0.3 is 47.5 Å². The maximum atomic E-state index is 11.3. The summed E-state index contributed by atoms with van der Waals surface area (Å²) in [4.78, 5) is 63.9. The van der Waals surface area contributed by atoms with E-state index in [2.05, 4.69) is 90.9 Å². The minimum Gasteiger partial charge on any atom is -0.790 e. The summed E-state index contributed by atoms with van der Waals surface area (Å²) in [5.74, 6) is 1.09. The topological polar surface area (TPSA) is 244 Å². The molecule has 0 aromatic heterocycles. The Balaban J connectivity index is 0.000000580. The Morgan fingerprint density at radius 1 is 0.655 bits per heavy atom. The molecule has 0 aromatic rings. The molecule has 0 aromatic carbocycles. The second kappa shape index (κ2) is 24.6. The molecule has 5 atom stereocenters. The van der Waals surface area contributed by atoms with Crippen LogP contribution in [0.1, 0.15) is 146 Å². The first-order valence-corrected chi connectivity index (χ1v) is 25.6. The third-order valence-electron chi connectivity index (χ3n) is 11.0. The number of allylic oxidation sites excluding steroid dienone is 9. The number of phosphoric acid groups is 4. The third-order valence-corrected chi connectivity index (χ3v) is 15.2. The summed E-state index contributed by atoms with van der Waals surface area (Å²) in [6.45, 7) is 22.9. The van der Waals surface area contributed by atoms with Crippen molar-refractivity contribution >= 4 is 31.3 Å². The minimum absolute atomic E-state index is 0.232. The molecule has 0 heterocycles. The lowest BCUT2D eigenvalue weighted by Crippen LogP contribution is -2.49. The van der Waals surface area contributed by atoms with Gasteiger partial charge in [0.15, 0.2) is 0 Å². The van der Waals surface area contributed by atoms with Crippen LogP contribution in [0.5, 0.6) is 0 Å². The molecule has 0 spiro atoms. The highest BCUT2D eigenvalue weighted by Gasteiger charge is 2.52. The molecule has 2 unspecified atom stereocenters. The Morgan fingerprint density at radius 2 is 1.07 bits per heavy atom. The second-order valence-electron chi connectivity index (χ2n) is 16.8. The molecule has 18 heteroatoms. The fraction of sp³-hybridized carbons (Fsp3) is 0.700. The average molecular weight is 895 g/mol. The smallest absolute Gasteiger partial charge is 0.272 e. The van der Waals surface area contributed by atoms with E-state index >= 15 is 0 Å². The first-order chi connectivity index (χ1) is 26.5. The lowest BCUT2D eigenvalue weighted by Gasteiger charge is -2.58. The van der Waals surface area contributed by atoms with Crippen LogP contribution in [0.3, 0.4) is 0 Å². The van der Waals surface area contributed by atoms with Crippen molar-refractivity contribution in [1.82, 2.24) is 0 Å². The van der Waals surface area contributed by atoms with Gasteiger partial charge in [-0.3, -0.25) is 17.8 Å². The zero-order chi connectivity index (χ0) is 44.6. The molecule has 2 aliphatic carbocycles. The molecule has 2 fully saturated rings. The van der Waals surface area contributed by atoms with E-state index in [0.29, 0.717) is 23.7 Å². The van der Waals surface area contributed by atoms with Gasteiger partial charge in [-0.1, -0.05) is 97.6 Å². The number of hydrogen-bond donors (Lipinski definition) is 0. The largest absolute Gasteiger partial charge is 0.790 e. The summed E-state index contributed by atoms with van der Waals surface area (Å²) in [5, 5.41) is 0. The fourth-order valence-corrected chi connectivity index (χ4v) is 11.0. The van der Waals surface area contributed by atoms with Crippen LogP contribution >= 0.6 is 31.3 Å². The Morgan fingerprint density at radius 3 is 1.50 bits per heavy atom. The summed E-state index contributed by atoms with van der Waals surface area (Å²) >= 11 is 0. The van der Waals surface area contributed by atoms with E-state index < -0.39 is 31.3 Å². The zero-order valence-electron chi connectivity index (χ0n) is 35.9. The van der Waals surface area contributed by atoms with Crippen LogP contribution in [-0.2, 0) is 35.9 Å². The van der Waals surface area contributed by atoms with E-state index in [1.54, 1.807) is 6.08 Å². The van der Waals surface area contributed by atoms with Gasteiger partial charge in [0.25, 0.3) is 15.6 Å². The standard InChI is InChI=1S/2C20H36O7P2/c1-15(11-14-26-29(24,25)27-28(21,22)23)7-9-17-16(2)8-10-18-19(3,4)12-6-13-20(17,18)5;1-17(2)9-6-10-18(3)11-7-12-19(4)13-8-14-20(5)15-16-26-29(24,25)27-28(21,22)23/h11,17-18H,2,6-10,12-14H2,1,3-5H3,(H,24,25)(H2,21,22,23);9,11,13,15H,6-8,10,12,14,16H2,1-5H3,(H,24,25)(H2,21,22,23)/p-6/b15-11+;18-11+,19-13+,20-15+/t17-,18-,20-;/m1./s1. The van der Waals surface area contributed by atoms with Gasteiger partial charge in [-0.2, -0.15) is 0 Å². The van der Waals surface area contributed by atoms with Gasteiger partial charge in [-0.05, 0) is 141 Å². The fourth-order valence-electron chi connectivity index (χ4n) is 8.10. The van der Waals surface area contributed by atoms with Gasteiger partial charge in [0.05, 0.1) is 28.9 Å². The van der Waals surface area contributed by atoms with Crippen LogP contribution in [0.4, 0.5) is 0 Å². The number of fused-ring (bicyclic) bond motifs is 1. The van der Waals surface area contributed by atoms with Crippen molar-refractivity contribution in [1.29, 1.82) is 0 Å². The molecule has 2 aliphatic rings. The number of phosphoric ester groups is 2. The number of hydrogen-bond acceptors (Lipinski definition) is 14. The first-order valence-electron chi connectivity index (χ1n) is 19.8. The molecule has 336 valence electrons. The molecule has 0 bridgehead atoms. The molecule has 0 aliphatic heterocycles. The van der Waals surface area contributed by atoms with Crippen molar-refractivity contribution in [2.75, 3.05) is 13.2 Å². The van der Waals surface area contributed by atoms with Crippen LogP contribution in [-0.4, -0.2) is 13.2 Å². The highest BCUT2D eigenvalue weighted by atomic mass is 31.3. The molecular formula is C40H66O14P4-6. The summed E-state index contributed by atoms with van der Waals surface area (Å²) in [6, 6.07) is 0. The van der Waals surface area contributed by atoms with E-state index in [0.717, 1.165) is 62.5 Å². The Kier molecular flexibility index (Phi) is 23.3. The Bertz CT molecular complexity index is 1700. The average Bonchev–Trinajstić information content (AvgIpc) is 3.01. The molecule has 14 nitrogen and oxygen atoms in total. The van der Waals surface area contributed by atoms with Crippen LogP contribution < -0.4 is 29.4 Å². The Labute approximate surface area is 347 Å². The quantitative estimate of drug-likeness (QED) is 0.0733. The SMILES string of the molecule is C=C1CC[C@@H]2C(C)(C)CCC[C@]2(C)[C@@H]1CC/C(C)=C/COP(=O)([O-])OP(=O)([O-])[O-].CC(C)=CCC/C(C)=C/CC/C(C)=C/CC/C(C)=C/COP(=O)([O-])OP(=O)([O-])[O-]. The highest BCUT2D eigenvalue weighted by Crippen LogP contribution is 2.62. The van der Waals surface area contributed by atoms with Crippen LogP contribution in [0.25, 0.3) is 0 Å². The van der Waals surface area contributed by atoms with E-state index in [1.165, 1.54) is 54.1 Å². The van der Waals surface area contributed by atoms with Gasteiger partial charge in [0.1, 0.15) is 0 Å². The van der Waals surface area contributed by atoms with Crippen LogP contribution in [0, 0.1) is 22.7 Å². The highest BCUT2D eigenvalue weighted by molar-refractivity contribution is 7.59.